The zero-order valence-corrected chi connectivity index (χ0v) is 17.0. The molecule has 0 aliphatic heterocycles. The highest BCUT2D eigenvalue weighted by Gasteiger charge is 2.19. The molecule has 27 heavy (non-hydrogen) atoms. The molecule has 0 aliphatic carbocycles. The highest BCUT2D eigenvalue weighted by molar-refractivity contribution is 6.42. The first kappa shape index (κ1) is 21.2. The number of amides is 3. The molecule has 0 atom stereocenters. The lowest BCUT2D eigenvalue weighted by Crippen LogP contribution is -2.35. The summed E-state index contributed by atoms with van der Waals surface area (Å²) in [5.41, 5.74) is 2.44. The molecule has 1 aromatic heterocycles. The first-order valence-electron chi connectivity index (χ1n) is 8.11. The number of carbonyl (C=O) groups excluding carboxylic acids is 2. The van der Waals surface area contributed by atoms with Crippen LogP contribution >= 0.6 is 34.8 Å². The number of benzene rings is 1. The first-order chi connectivity index (χ1) is 12.7. The van der Waals surface area contributed by atoms with E-state index in [2.05, 4.69) is 22.2 Å². The number of rotatable bonds is 5. The molecule has 8 heteroatoms. The number of carbonyl (C=O) groups is 2. The van der Waals surface area contributed by atoms with E-state index in [0.29, 0.717) is 12.1 Å². The van der Waals surface area contributed by atoms with Crippen molar-refractivity contribution in [2.24, 2.45) is 0 Å². The smallest absolute Gasteiger partial charge is 0.307 e. The van der Waals surface area contributed by atoms with E-state index in [4.69, 9.17) is 34.8 Å². The molecule has 1 aromatic carbocycles. The number of nitrogens with zero attached hydrogens (tertiary/aromatic N) is 1. The van der Waals surface area contributed by atoms with Crippen LogP contribution in [0.25, 0.3) is 0 Å². The zero-order valence-electron chi connectivity index (χ0n) is 14.8. The number of imide groups is 1. The number of hydrogen-bond acceptors (Lipinski definition) is 3. The highest BCUT2D eigenvalue weighted by atomic mass is 35.5. The molecule has 2 N–H and O–H groups in total. The normalized spacial score (nSPS) is 10.6. The maximum atomic E-state index is 12.4. The number of urea groups is 1. The Morgan fingerprint density at radius 1 is 1.22 bits per heavy atom. The van der Waals surface area contributed by atoms with Gasteiger partial charge in [0, 0.05) is 5.69 Å². The molecule has 0 fully saturated rings. The van der Waals surface area contributed by atoms with Crippen LogP contribution in [0.1, 0.15) is 41.3 Å². The van der Waals surface area contributed by atoms with Gasteiger partial charge in [-0.1, -0.05) is 72.9 Å². The summed E-state index contributed by atoms with van der Waals surface area (Å²) in [4.78, 5) is 28.5. The maximum absolute atomic E-state index is 12.4. The Hall–Kier alpha value is -2.08. The van der Waals surface area contributed by atoms with Gasteiger partial charge in [-0.3, -0.25) is 10.1 Å². The van der Waals surface area contributed by atoms with Crippen LogP contribution in [-0.2, 0) is 6.42 Å². The second-order valence-electron chi connectivity index (χ2n) is 6.04. The van der Waals surface area contributed by atoms with Gasteiger partial charge in [-0.25, -0.2) is 9.78 Å². The molecule has 0 aliphatic rings. The van der Waals surface area contributed by atoms with Crippen molar-refractivity contribution in [3.8, 4) is 0 Å². The lowest BCUT2D eigenvalue weighted by atomic mass is 9.96. The van der Waals surface area contributed by atoms with E-state index < -0.39 is 11.9 Å². The average molecular weight is 427 g/mol. The molecule has 3 amide bonds. The van der Waals surface area contributed by atoms with E-state index in [1.54, 1.807) is 6.08 Å². The van der Waals surface area contributed by atoms with Gasteiger partial charge in [0.05, 0.1) is 10.6 Å². The van der Waals surface area contributed by atoms with Crippen LogP contribution < -0.4 is 10.6 Å². The summed E-state index contributed by atoms with van der Waals surface area (Å²) in [6.45, 7) is 7.77. The lowest BCUT2D eigenvalue weighted by molar-refractivity contribution is 0.0967. The first-order valence-corrected chi connectivity index (χ1v) is 9.24. The van der Waals surface area contributed by atoms with Crippen LogP contribution in [0.2, 0.25) is 15.3 Å². The predicted octanol–water partition coefficient (Wildman–Crippen LogP) is 5.86. The highest BCUT2D eigenvalue weighted by Crippen LogP contribution is 2.29. The summed E-state index contributed by atoms with van der Waals surface area (Å²) in [6, 6.07) is 6.30. The van der Waals surface area contributed by atoms with Gasteiger partial charge in [-0.2, -0.15) is 0 Å². The molecule has 2 rings (SSSR count). The summed E-state index contributed by atoms with van der Waals surface area (Å²) in [5, 5.41) is 4.86. The lowest BCUT2D eigenvalue weighted by Gasteiger charge is -2.18. The third kappa shape index (κ3) is 5.22. The van der Waals surface area contributed by atoms with E-state index in [1.165, 1.54) is 6.07 Å². The zero-order chi connectivity index (χ0) is 20.1. The van der Waals surface area contributed by atoms with E-state index in [-0.39, 0.29) is 26.8 Å². The van der Waals surface area contributed by atoms with Gasteiger partial charge in [-0.15, -0.1) is 6.58 Å². The minimum atomic E-state index is -0.740. The largest absolute Gasteiger partial charge is 0.326 e. The number of halogens is 3. The number of anilines is 1. The Morgan fingerprint density at radius 2 is 1.93 bits per heavy atom. The van der Waals surface area contributed by atoms with E-state index in [0.717, 1.165) is 11.1 Å². The Morgan fingerprint density at radius 3 is 2.56 bits per heavy atom. The SMILES string of the molecule is C=CCc1cccc(C(C)C)c1NC(=O)NC(=O)c1cc(Cl)c(Cl)nc1Cl. The maximum Gasteiger partial charge on any atom is 0.326 e. The van der Waals surface area contributed by atoms with E-state index in [9.17, 15) is 9.59 Å². The minimum Gasteiger partial charge on any atom is -0.307 e. The minimum absolute atomic E-state index is 0.0254. The number of allylic oxidation sites excluding steroid dienone is 1. The molecule has 2 aromatic rings. The molecule has 0 saturated carbocycles. The van der Waals surface area contributed by atoms with Crippen molar-refractivity contribution >= 4 is 52.4 Å². The van der Waals surface area contributed by atoms with Crippen molar-refractivity contribution in [1.29, 1.82) is 0 Å². The van der Waals surface area contributed by atoms with Gasteiger partial charge in [0.1, 0.15) is 10.3 Å². The van der Waals surface area contributed by atoms with Crippen molar-refractivity contribution in [3.05, 3.63) is 68.9 Å². The van der Waals surface area contributed by atoms with Crippen LogP contribution in [0.3, 0.4) is 0 Å². The number of aromatic nitrogens is 1. The fraction of sp³-hybridized carbons (Fsp3) is 0.211. The number of pyridine rings is 1. The topological polar surface area (TPSA) is 71.1 Å². The van der Waals surface area contributed by atoms with Crippen LogP contribution in [0.5, 0.6) is 0 Å². The molecule has 0 unspecified atom stereocenters. The monoisotopic (exact) mass is 425 g/mol. The summed E-state index contributed by atoms with van der Waals surface area (Å²) in [7, 11) is 0. The third-order valence-electron chi connectivity index (χ3n) is 3.77. The second-order valence-corrected chi connectivity index (χ2v) is 7.16. The fourth-order valence-electron chi connectivity index (χ4n) is 2.50. The molecule has 5 nitrogen and oxygen atoms in total. The number of hydrogen-bond donors (Lipinski definition) is 2. The van der Waals surface area contributed by atoms with Crippen molar-refractivity contribution in [2.45, 2.75) is 26.2 Å². The Labute approximate surface area is 172 Å². The molecule has 0 saturated heterocycles. The predicted molar refractivity (Wildman–Crippen MR) is 110 cm³/mol. The second kappa shape index (κ2) is 9.22. The Bertz CT molecular complexity index is 898. The van der Waals surface area contributed by atoms with E-state index >= 15 is 0 Å². The summed E-state index contributed by atoms with van der Waals surface area (Å²) < 4.78 is 0. The van der Waals surface area contributed by atoms with Crippen LogP contribution in [0.4, 0.5) is 10.5 Å². The van der Waals surface area contributed by atoms with Gasteiger partial charge < -0.3 is 5.32 Å². The van der Waals surface area contributed by atoms with Crippen LogP contribution in [0.15, 0.2) is 36.9 Å². The standard InChI is InChI=1S/C19H18Cl3N3O2/c1-4-6-11-7-5-8-12(10(2)3)15(11)23-19(27)25-18(26)13-9-14(20)17(22)24-16(13)21/h4-5,7-10H,1,6H2,2-3H3,(H2,23,25,26,27). The van der Waals surface area contributed by atoms with Gasteiger partial charge in [0.15, 0.2) is 0 Å². The van der Waals surface area contributed by atoms with Crippen molar-refractivity contribution in [3.63, 3.8) is 0 Å². The summed E-state index contributed by atoms with van der Waals surface area (Å²) >= 11 is 17.5. The summed E-state index contributed by atoms with van der Waals surface area (Å²) in [6.07, 6.45) is 2.32. The van der Waals surface area contributed by atoms with Crippen molar-refractivity contribution in [1.82, 2.24) is 10.3 Å². The van der Waals surface area contributed by atoms with Crippen molar-refractivity contribution in [2.75, 3.05) is 5.32 Å². The molecule has 0 bridgehead atoms. The number of nitrogens with one attached hydrogen (secondary N) is 2. The molecule has 0 radical (unpaired) electrons. The average Bonchev–Trinajstić information content (AvgIpc) is 2.59. The van der Waals surface area contributed by atoms with E-state index in [1.807, 2.05) is 32.0 Å². The number of para-hydroxylation sites is 1. The van der Waals surface area contributed by atoms with Gasteiger partial charge in [-0.05, 0) is 29.5 Å². The van der Waals surface area contributed by atoms with Crippen LogP contribution in [0, 0.1) is 0 Å². The quantitative estimate of drug-likeness (QED) is 0.465. The fourth-order valence-corrected chi connectivity index (χ4v) is 3.06. The van der Waals surface area contributed by atoms with Gasteiger partial charge in [0.25, 0.3) is 5.91 Å². The van der Waals surface area contributed by atoms with Crippen molar-refractivity contribution < 1.29 is 9.59 Å². The third-order valence-corrected chi connectivity index (χ3v) is 4.73. The molecule has 0 spiro atoms. The van der Waals surface area contributed by atoms with Gasteiger partial charge >= 0.3 is 6.03 Å². The molecule has 142 valence electrons. The summed E-state index contributed by atoms with van der Waals surface area (Å²) in [5.74, 6) is -0.564. The Balaban J connectivity index is 2.24. The molecular formula is C19H18Cl3N3O2. The molecule has 1 heterocycles. The Kier molecular flexibility index (Phi) is 7.25. The van der Waals surface area contributed by atoms with Crippen LogP contribution in [-0.4, -0.2) is 16.9 Å². The molecular weight excluding hydrogens is 409 g/mol. The van der Waals surface area contributed by atoms with Gasteiger partial charge in [0.2, 0.25) is 0 Å².